The molecule has 1 aliphatic rings. The van der Waals surface area contributed by atoms with E-state index in [9.17, 15) is 9.59 Å². The Kier molecular flexibility index (Phi) is 4.43. The highest BCUT2D eigenvalue weighted by Gasteiger charge is 2.25. The SMILES string of the molecule is CC(C)n1ncc2cc(C(=O)Nc3sc4c(c3C(N)=O)CCCC4)cnc21. The van der Waals surface area contributed by atoms with Crippen molar-refractivity contribution < 1.29 is 9.59 Å². The number of rotatable bonds is 4. The molecule has 4 rings (SSSR count). The average molecular weight is 383 g/mol. The van der Waals surface area contributed by atoms with Crippen LogP contribution in [0.25, 0.3) is 11.0 Å². The van der Waals surface area contributed by atoms with E-state index < -0.39 is 5.91 Å². The molecule has 1 aliphatic carbocycles. The van der Waals surface area contributed by atoms with E-state index in [1.54, 1.807) is 12.3 Å². The number of nitrogens with one attached hydrogen (secondary N) is 1. The van der Waals surface area contributed by atoms with Gasteiger partial charge in [0.2, 0.25) is 0 Å². The maximum absolute atomic E-state index is 12.8. The summed E-state index contributed by atoms with van der Waals surface area (Å²) in [5.41, 5.74) is 8.22. The van der Waals surface area contributed by atoms with E-state index in [0.29, 0.717) is 16.1 Å². The molecule has 3 N–H and O–H groups in total. The summed E-state index contributed by atoms with van der Waals surface area (Å²) in [6.07, 6.45) is 7.14. The topological polar surface area (TPSA) is 103 Å². The van der Waals surface area contributed by atoms with Gasteiger partial charge in [0.05, 0.1) is 17.3 Å². The fraction of sp³-hybridized carbons (Fsp3) is 0.368. The van der Waals surface area contributed by atoms with Gasteiger partial charge in [0.25, 0.3) is 11.8 Å². The Balaban J connectivity index is 1.66. The Morgan fingerprint density at radius 1 is 1.26 bits per heavy atom. The van der Waals surface area contributed by atoms with Crippen molar-refractivity contribution in [3.8, 4) is 0 Å². The molecule has 0 atom stereocenters. The number of aromatic nitrogens is 3. The van der Waals surface area contributed by atoms with Crippen molar-refractivity contribution in [2.45, 2.75) is 45.6 Å². The number of pyridine rings is 1. The van der Waals surface area contributed by atoms with Crippen LogP contribution in [0.5, 0.6) is 0 Å². The second-order valence-electron chi connectivity index (χ2n) is 7.05. The zero-order valence-electron chi connectivity index (χ0n) is 15.3. The van der Waals surface area contributed by atoms with Crippen molar-refractivity contribution in [1.82, 2.24) is 14.8 Å². The van der Waals surface area contributed by atoms with E-state index in [-0.39, 0.29) is 11.9 Å². The number of primary amides is 1. The lowest BCUT2D eigenvalue weighted by atomic mass is 9.95. The Morgan fingerprint density at radius 2 is 2.04 bits per heavy atom. The number of fused-ring (bicyclic) bond motifs is 2. The van der Waals surface area contributed by atoms with E-state index in [2.05, 4.69) is 15.4 Å². The third kappa shape index (κ3) is 3.10. The van der Waals surface area contributed by atoms with Gasteiger partial charge >= 0.3 is 0 Å². The highest BCUT2D eigenvalue weighted by Crippen LogP contribution is 2.38. The first-order valence-electron chi connectivity index (χ1n) is 9.04. The molecule has 0 saturated carbocycles. The first-order chi connectivity index (χ1) is 13.0. The highest BCUT2D eigenvalue weighted by atomic mass is 32.1. The van der Waals surface area contributed by atoms with Gasteiger partial charge in [-0.15, -0.1) is 11.3 Å². The lowest BCUT2D eigenvalue weighted by Gasteiger charge is -2.11. The maximum atomic E-state index is 12.8. The first kappa shape index (κ1) is 17.7. The summed E-state index contributed by atoms with van der Waals surface area (Å²) < 4.78 is 1.82. The van der Waals surface area contributed by atoms with Gasteiger partial charge in [0.1, 0.15) is 5.00 Å². The van der Waals surface area contributed by atoms with Gasteiger partial charge in [-0.3, -0.25) is 9.59 Å². The zero-order chi connectivity index (χ0) is 19.1. The fourth-order valence-electron chi connectivity index (χ4n) is 3.53. The van der Waals surface area contributed by atoms with Crippen LogP contribution in [0, 0.1) is 0 Å². The minimum Gasteiger partial charge on any atom is -0.365 e. The third-order valence-electron chi connectivity index (χ3n) is 4.83. The lowest BCUT2D eigenvalue weighted by molar-refractivity contribution is 0.100. The van der Waals surface area contributed by atoms with Crippen molar-refractivity contribution in [3.63, 3.8) is 0 Å². The maximum Gasteiger partial charge on any atom is 0.257 e. The fourth-order valence-corrected chi connectivity index (χ4v) is 4.82. The molecule has 0 saturated heterocycles. The van der Waals surface area contributed by atoms with E-state index in [4.69, 9.17) is 5.73 Å². The molecule has 8 heteroatoms. The summed E-state index contributed by atoms with van der Waals surface area (Å²) >= 11 is 1.46. The number of hydrogen-bond donors (Lipinski definition) is 2. The summed E-state index contributed by atoms with van der Waals surface area (Å²) in [5, 5.41) is 8.54. The molecule has 0 unspecified atom stereocenters. The van der Waals surface area contributed by atoms with Crippen molar-refractivity contribution in [2.75, 3.05) is 5.32 Å². The normalized spacial score (nSPS) is 13.7. The lowest BCUT2D eigenvalue weighted by Crippen LogP contribution is -2.18. The van der Waals surface area contributed by atoms with Crippen molar-refractivity contribution >= 4 is 39.2 Å². The number of nitrogens with zero attached hydrogens (tertiary/aromatic N) is 3. The van der Waals surface area contributed by atoms with Gasteiger partial charge in [-0.1, -0.05) is 0 Å². The summed E-state index contributed by atoms with van der Waals surface area (Å²) in [6, 6.07) is 1.95. The number of carbonyl (C=O) groups excluding carboxylic acids is 2. The standard InChI is InChI=1S/C19H21N5O2S/c1-10(2)24-17-11(9-22-24)7-12(8-21-17)18(26)23-19-15(16(20)25)13-5-3-4-6-14(13)27-19/h7-10H,3-6H2,1-2H3,(H2,20,25)(H,23,26). The molecule has 0 aromatic carbocycles. The van der Waals surface area contributed by atoms with E-state index in [1.165, 1.54) is 17.5 Å². The van der Waals surface area contributed by atoms with Gasteiger partial charge in [-0.25, -0.2) is 9.67 Å². The third-order valence-corrected chi connectivity index (χ3v) is 6.04. The minimum absolute atomic E-state index is 0.185. The summed E-state index contributed by atoms with van der Waals surface area (Å²) in [4.78, 5) is 30.3. The van der Waals surface area contributed by atoms with Crippen molar-refractivity contribution in [1.29, 1.82) is 0 Å². The molecule has 140 valence electrons. The molecule has 27 heavy (non-hydrogen) atoms. The van der Waals surface area contributed by atoms with Gasteiger partial charge in [0.15, 0.2) is 5.65 Å². The van der Waals surface area contributed by atoms with Crippen LogP contribution in [0.4, 0.5) is 5.00 Å². The number of carbonyl (C=O) groups is 2. The van der Waals surface area contributed by atoms with Gasteiger partial charge < -0.3 is 11.1 Å². The Bertz CT molecular complexity index is 1050. The number of aryl methyl sites for hydroxylation is 1. The molecule has 0 spiro atoms. The number of amides is 2. The van der Waals surface area contributed by atoms with Gasteiger partial charge in [0, 0.05) is 22.5 Å². The average Bonchev–Trinajstić information content (AvgIpc) is 3.21. The van der Waals surface area contributed by atoms with Gasteiger partial charge in [-0.2, -0.15) is 5.10 Å². The molecule has 2 amide bonds. The Labute approximate surface area is 160 Å². The molecule has 3 aromatic heterocycles. The number of nitrogens with two attached hydrogens (primary N) is 1. The molecular formula is C19H21N5O2S. The molecule has 0 aliphatic heterocycles. The quantitative estimate of drug-likeness (QED) is 0.721. The predicted octanol–water partition coefficient (Wildman–Crippen LogP) is 3.30. The molecule has 7 nitrogen and oxygen atoms in total. The molecule has 3 heterocycles. The number of anilines is 1. The largest absolute Gasteiger partial charge is 0.365 e. The van der Waals surface area contributed by atoms with Crippen LogP contribution in [0.1, 0.15) is 63.9 Å². The Hall–Kier alpha value is -2.74. The molecule has 0 fully saturated rings. The van der Waals surface area contributed by atoms with E-state index >= 15 is 0 Å². The molecule has 3 aromatic rings. The first-order valence-corrected chi connectivity index (χ1v) is 9.86. The smallest absolute Gasteiger partial charge is 0.257 e. The number of hydrogen-bond acceptors (Lipinski definition) is 5. The molecule has 0 radical (unpaired) electrons. The number of thiophene rings is 1. The van der Waals surface area contributed by atoms with Gasteiger partial charge in [-0.05, 0) is 51.2 Å². The van der Waals surface area contributed by atoms with Crippen LogP contribution in [-0.4, -0.2) is 26.6 Å². The highest BCUT2D eigenvalue weighted by molar-refractivity contribution is 7.17. The van der Waals surface area contributed by atoms with E-state index in [0.717, 1.165) is 47.2 Å². The van der Waals surface area contributed by atoms with Crippen LogP contribution in [0.3, 0.4) is 0 Å². The van der Waals surface area contributed by atoms with Crippen molar-refractivity contribution in [2.24, 2.45) is 5.73 Å². The second-order valence-corrected chi connectivity index (χ2v) is 8.16. The Morgan fingerprint density at radius 3 is 2.78 bits per heavy atom. The van der Waals surface area contributed by atoms with Crippen molar-refractivity contribution in [3.05, 3.63) is 40.0 Å². The molecule has 0 bridgehead atoms. The second kappa shape index (κ2) is 6.77. The van der Waals surface area contributed by atoms with Crippen LogP contribution in [0.2, 0.25) is 0 Å². The summed E-state index contributed by atoms with van der Waals surface area (Å²) in [5.74, 6) is -0.792. The van der Waals surface area contributed by atoms with E-state index in [1.807, 2.05) is 18.5 Å². The summed E-state index contributed by atoms with van der Waals surface area (Å²) in [7, 11) is 0. The van der Waals surface area contributed by atoms with Crippen LogP contribution in [-0.2, 0) is 12.8 Å². The van der Waals surface area contributed by atoms with Crippen LogP contribution >= 0.6 is 11.3 Å². The molecular weight excluding hydrogens is 362 g/mol. The van der Waals surface area contributed by atoms with Crippen LogP contribution < -0.4 is 11.1 Å². The van der Waals surface area contributed by atoms with Crippen LogP contribution in [0.15, 0.2) is 18.5 Å². The summed E-state index contributed by atoms with van der Waals surface area (Å²) in [6.45, 7) is 4.05. The predicted molar refractivity (Wildman–Crippen MR) is 105 cm³/mol. The monoisotopic (exact) mass is 383 g/mol. The minimum atomic E-state index is -0.489. The zero-order valence-corrected chi connectivity index (χ0v) is 16.1.